The highest BCUT2D eigenvalue weighted by molar-refractivity contribution is 6.30. The summed E-state index contributed by atoms with van der Waals surface area (Å²) >= 11 is 5.97. The minimum Gasteiger partial charge on any atom is -0.346 e. The largest absolute Gasteiger partial charge is 0.346 e. The molecule has 0 atom stereocenters. The SMILES string of the molecule is O=[N+]([O-])c1ccc(Cl)cc1Cn1cccc1CNC1CC1. The molecule has 3 rings (SSSR count). The highest BCUT2D eigenvalue weighted by atomic mass is 35.5. The minimum atomic E-state index is -0.364. The lowest BCUT2D eigenvalue weighted by Crippen LogP contribution is -2.18. The maximum atomic E-state index is 11.1. The fraction of sp³-hybridized carbons (Fsp3) is 0.333. The monoisotopic (exact) mass is 305 g/mol. The first-order chi connectivity index (χ1) is 10.1. The molecular formula is C15H16ClN3O2. The van der Waals surface area contributed by atoms with Gasteiger partial charge in [0.1, 0.15) is 0 Å². The van der Waals surface area contributed by atoms with Crippen molar-refractivity contribution in [3.8, 4) is 0 Å². The van der Waals surface area contributed by atoms with Crippen molar-refractivity contribution in [2.45, 2.75) is 32.0 Å². The van der Waals surface area contributed by atoms with Crippen LogP contribution < -0.4 is 5.32 Å². The summed E-state index contributed by atoms with van der Waals surface area (Å²) in [5.41, 5.74) is 1.85. The van der Waals surface area contributed by atoms with Gasteiger partial charge in [-0.2, -0.15) is 0 Å². The second-order valence-electron chi connectivity index (χ2n) is 5.31. The zero-order chi connectivity index (χ0) is 14.8. The molecule has 1 N–H and O–H groups in total. The molecule has 1 aromatic carbocycles. The van der Waals surface area contributed by atoms with E-state index in [1.807, 2.05) is 22.9 Å². The van der Waals surface area contributed by atoms with Gasteiger partial charge in [-0.25, -0.2) is 0 Å². The lowest BCUT2D eigenvalue weighted by atomic mass is 10.2. The minimum absolute atomic E-state index is 0.106. The molecule has 21 heavy (non-hydrogen) atoms. The molecule has 6 heteroatoms. The molecule has 0 amide bonds. The van der Waals surface area contributed by atoms with Crippen LogP contribution in [0.5, 0.6) is 0 Å². The van der Waals surface area contributed by atoms with Crippen LogP contribution in [-0.4, -0.2) is 15.5 Å². The highest BCUT2D eigenvalue weighted by Gasteiger charge is 2.21. The van der Waals surface area contributed by atoms with Gasteiger partial charge in [0, 0.05) is 35.6 Å². The standard InChI is InChI=1S/C15H16ClN3O2/c16-12-3-6-15(19(20)21)11(8-12)10-18-7-1-2-14(18)9-17-13-4-5-13/h1-3,6-8,13,17H,4-5,9-10H2. The third kappa shape index (κ3) is 3.43. The number of hydrogen-bond donors (Lipinski definition) is 1. The Morgan fingerprint density at radius 2 is 2.19 bits per heavy atom. The van der Waals surface area contributed by atoms with Crippen LogP contribution >= 0.6 is 11.6 Å². The molecule has 0 radical (unpaired) electrons. The molecule has 2 aromatic rings. The highest BCUT2D eigenvalue weighted by Crippen LogP contribution is 2.24. The van der Waals surface area contributed by atoms with Crippen LogP contribution in [-0.2, 0) is 13.1 Å². The van der Waals surface area contributed by atoms with Crippen molar-refractivity contribution in [3.05, 3.63) is 62.9 Å². The van der Waals surface area contributed by atoms with Gasteiger partial charge < -0.3 is 9.88 Å². The molecule has 1 aliphatic rings. The summed E-state index contributed by atoms with van der Waals surface area (Å²) in [4.78, 5) is 10.7. The molecule has 110 valence electrons. The van der Waals surface area contributed by atoms with Crippen molar-refractivity contribution in [3.63, 3.8) is 0 Å². The average molecular weight is 306 g/mol. The Balaban J connectivity index is 1.81. The quantitative estimate of drug-likeness (QED) is 0.657. The Morgan fingerprint density at radius 3 is 2.90 bits per heavy atom. The van der Waals surface area contributed by atoms with Gasteiger partial charge in [-0.05, 0) is 37.1 Å². The number of halogens is 1. The first kappa shape index (κ1) is 14.1. The van der Waals surface area contributed by atoms with Crippen LogP contribution in [0.3, 0.4) is 0 Å². The molecule has 0 saturated heterocycles. The van der Waals surface area contributed by atoms with Gasteiger partial charge in [-0.15, -0.1) is 0 Å². The van der Waals surface area contributed by atoms with Gasteiger partial charge in [-0.1, -0.05) is 11.6 Å². The van der Waals surface area contributed by atoms with E-state index >= 15 is 0 Å². The third-order valence-electron chi connectivity index (χ3n) is 3.65. The lowest BCUT2D eigenvalue weighted by molar-refractivity contribution is -0.385. The molecule has 0 spiro atoms. The smallest absolute Gasteiger partial charge is 0.274 e. The van der Waals surface area contributed by atoms with E-state index in [0.717, 1.165) is 12.2 Å². The van der Waals surface area contributed by atoms with Crippen LogP contribution in [0.2, 0.25) is 5.02 Å². The van der Waals surface area contributed by atoms with E-state index < -0.39 is 0 Å². The number of nitrogens with one attached hydrogen (secondary N) is 1. The van der Waals surface area contributed by atoms with Crippen LogP contribution in [0.15, 0.2) is 36.5 Å². The molecular weight excluding hydrogens is 290 g/mol. The Morgan fingerprint density at radius 1 is 1.38 bits per heavy atom. The van der Waals surface area contributed by atoms with Crippen LogP contribution in [0.1, 0.15) is 24.1 Å². The topological polar surface area (TPSA) is 60.1 Å². The number of hydrogen-bond acceptors (Lipinski definition) is 3. The van der Waals surface area contributed by atoms with Crippen molar-refractivity contribution in [1.82, 2.24) is 9.88 Å². The predicted octanol–water partition coefficient (Wildman–Crippen LogP) is 3.35. The Labute approximate surface area is 127 Å². The fourth-order valence-corrected chi connectivity index (χ4v) is 2.54. The number of nitro groups is 1. The summed E-state index contributed by atoms with van der Waals surface area (Å²) in [6, 6.07) is 9.30. The molecule has 1 aromatic heterocycles. The van der Waals surface area contributed by atoms with Gasteiger partial charge in [0.15, 0.2) is 0 Å². The number of nitro benzene ring substituents is 1. The van der Waals surface area contributed by atoms with Gasteiger partial charge in [0.25, 0.3) is 5.69 Å². The van der Waals surface area contributed by atoms with Crippen LogP contribution in [0, 0.1) is 10.1 Å². The third-order valence-corrected chi connectivity index (χ3v) is 3.89. The summed E-state index contributed by atoms with van der Waals surface area (Å²) in [6.07, 6.45) is 4.41. The molecule has 0 bridgehead atoms. The van der Waals surface area contributed by atoms with E-state index in [9.17, 15) is 10.1 Å². The number of aromatic nitrogens is 1. The number of rotatable bonds is 6. The second kappa shape index (κ2) is 5.87. The maximum Gasteiger partial charge on any atom is 0.274 e. The van der Waals surface area contributed by atoms with E-state index in [1.54, 1.807) is 12.1 Å². The lowest BCUT2D eigenvalue weighted by Gasteiger charge is -2.11. The molecule has 1 aliphatic carbocycles. The zero-order valence-electron chi connectivity index (χ0n) is 11.5. The van der Waals surface area contributed by atoms with Crippen molar-refractivity contribution in [1.29, 1.82) is 0 Å². The van der Waals surface area contributed by atoms with E-state index in [1.165, 1.54) is 18.9 Å². The first-order valence-corrected chi connectivity index (χ1v) is 7.31. The Kier molecular flexibility index (Phi) is 3.94. The molecule has 5 nitrogen and oxygen atoms in total. The summed E-state index contributed by atoms with van der Waals surface area (Å²) in [7, 11) is 0. The Bertz CT molecular complexity index is 665. The van der Waals surface area contributed by atoms with Gasteiger partial charge in [0.05, 0.1) is 17.0 Å². The fourth-order valence-electron chi connectivity index (χ4n) is 2.34. The van der Waals surface area contributed by atoms with Crippen molar-refractivity contribution < 1.29 is 4.92 Å². The number of nitrogens with zero attached hydrogens (tertiary/aromatic N) is 2. The van der Waals surface area contributed by atoms with E-state index in [2.05, 4.69) is 5.32 Å². The normalized spacial score (nSPS) is 14.3. The van der Waals surface area contributed by atoms with Crippen LogP contribution in [0.4, 0.5) is 5.69 Å². The number of benzene rings is 1. The van der Waals surface area contributed by atoms with E-state index in [0.29, 0.717) is 23.2 Å². The zero-order valence-corrected chi connectivity index (χ0v) is 12.2. The average Bonchev–Trinajstić information content (AvgIpc) is 3.17. The first-order valence-electron chi connectivity index (χ1n) is 6.93. The van der Waals surface area contributed by atoms with Gasteiger partial charge in [-0.3, -0.25) is 10.1 Å². The van der Waals surface area contributed by atoms with E-state index in [-0.39, 0.29) is 10.6 Å². The summed E-state index contributed by atoms with van der Waals surface area (Å²) in [6.45, 7) is 1.23. The van der Waals surface area contributed by atoms with Crippen molar-refractivity contribution >= 4 is 17.3 Å². The summed E-state index contributed by atoms with van der Waals surface area (Å²) < 4.78 is 2.02. The van der Waals surface area contributed by atoms with Gasteiger partial charge >= 0.3 is 0 Å². The van der Waals surface area contributed by atoms with E-state index in [4.69, 9.17) is 11.6 Å². The molecule has 1 saturated carbocycles. The molecule has 1 heterocycles. The second-order valence-corrected chi connectivity index (χ2v) is 5.75. The summed E-state index contributed by atoms with van der Waals surface area (Å²) in [5.74, 6) is 0. The predicted molar refractivity (Wildman–Crippen MR) is 81.5 cm³/mol. The molecule has 1 fully saturated rings. The molecule has 0 unspecified atom stereocenters. The van der Waals surface area contributed by atoms with Crippen molar-refractivity contribution in [2.75, 3.05) is 0 Å². The molecule has 0 aliphatic heterocycles. The van der Waals surface area contributed by atoms with Crippen molar-refractivity contribution in [2.24, 2.45) is 0 Å². The Hall–Kier alpha value is -1.85. The van der Waals surface area contributed by atoms with Crippen LogP contribution in [0.25, 0.3) is 0 Å². The summed E-state index contributed by atoms with van der Waals surface area (Å²) in [5, 5.41) is 15.1. The maximum absolute atomic E-state index is 11.1. The van der Waals surface area contributed by atoms with Gasteiger partial charge in [0.2, 0.25) is 0 Å².